The molecule has 0 aromatic heterocycles. The number of carbonyl (C=O) groups is 1. The minimum absolute atomic E-state index is 0.0716. The Balaban J connectivity index is 3.16. The van der Waals surface area contributed by atoms with E-state index in [0.717, 1.165) is 5.32 Å². The predicted octanol–water partition coefficient (Wildman–Crippen LogP) is 4.00. The predicted molar refractivity (Wildman–Crippen MR) is 51.1 cm³/mol. The van der Waals surface area contributed by atoms with Gasteiger partial charge >= 0.3 is 18.3 Å². The van der Waals surface area contributed by atoms with Crippen molar-refractivity contribution in [2.45, 2.75) is 12.4 Å². The van der Waals surface area contributed by atoms with Crippen LogP contribution in [0.5, 0.6) is 0 Å². The van der Waals surface area contributed by atoms with Crippen LogP contribution in [-0.2, 0) is 11.0 Å². The topological polar surface area (TPSA) is 29.1 Å². The lowest BCUT2D eigenvalue weighted by Crippen LogP contribution is -2.30. The number of hydrogen-bond donors (Lipinski definition) is 1. The average Bonchev–Trinajstić information content (AvgIpc) is 2.19. The molecule has 0 fully saturated rings. The molecule has 0 aliphatic heterocycles. The second-order valence-electron chi connectivity index (χ2n) is 3.26. The van der Waals surface area contributed by atoms with Crippen LogP contribution in [0.25, 0.3) is 0 Å². The Morgan fingerprint density at radius 1 is 1.11 bits per heavy atom. The van der Waals surface area contributed by atoms with Gasteiger partial charge in [-0.15, -0.1) is 0 Å². The van der Waals surface area contributed by atoms with E-state index in [-0.39, 0.29) is 12.1 Å². The summed E-state index contributed by atoms with van der Waals surface area (Å²) in [6.07, 6.45) is -10.2. The summed E-state index contributed by atoms with van der Waals surface area (Å²) < 4.78 is 85.7. The molecule has 0 spiro atoms. The van der Waals surface area contributed by atoms with Crippen molar-refractivity contribution in [3.05, 3.63) is 28.5 Å². The molecule has 1 aromatic rings. The molecule has 0 aliphatic rings. The van der Waals surface area contributed by atoms with E-state index in [4.69, 9.17) is 11.6 Å². The number of anilines is 1. The molecule has 0 aliphatic carbocycles. The van der Waals surface area contributed by atoms with Crippen molar-refractivity contribution in [2.75, 3.05) is 5.32 Å². The third-order valence-corrected chi connectivity index (χ3v) is 2.16. The van der Waals surface area contributed by atoms with Crippen LogP contribution in [0.3, 0.4) is 0 Å². The quantitative estimate of drug-likeness (QED) is 0.781. The summed E-state index contributed by atoms with van der Waals surface area (Å²) in [6, 6.07) is 0.133. The molecule has 2 nitrogen and oxygen atoms in total. The molecule has 1 aromatic carbocycles. The summed E-state index contributed by atoms with van der Waals surface area (Å²) in [7, 11) is 0. The minimum Gasteiger partial charge on any atom is -0.314 e. The maximum Gasteiger partial charge on any atom is 0.471 e. The first-order valence-electron chi connectivity index (χ1n) is 4.37. The maximum atomic E-state index is 13.2. The van der Waals surface area contributed by atoms with Gasteiger partial charge in [0, 0.05) is 0 Å². The number of benzene rings is 1. The number of alkyl halides is 6. The van der Waals surface area contributed by atoms with Crippen LogP contribution >= 0.6 is 11.6 Å². The first-order chi connectivity index (χ1) is 8.43. The van der Waals surface area contributed by atoms with Crippen LogP contribution in [-0.4, -0.2) is 12.1 Å². The van der Waals surface area contributed by atoms with Crippen LogP contribution in [0, 0.1) is 5.82 Å². The fourth-order valence-electron chi connectivity index (χ4n) is 1.04. The lowest BCUT2D eigenvalue weighted by atomic mass is 10.2. The number of carbonyl (C=O) groups excluding carboxylic acids is 1. The summed E-state index contributed by atoms with van der Waals surface area (Å²) >= 11 is 5.21. The van der Waals surface area contributed by atoms with E-state index in [0.29, 0.717) is 0 Å². The highest BCUT2D eigenvalue weighted by Crippen LogP contribution is 2.36. The Kier molecular flexibility index (Phi) is 3.99. The molecule has 0 heterocycles. The molecule has 1 N–H and O–H groups in total. The van der Waals surface area contributed by atoms with E-state index in [9.17, 15) is 35.5 Å². The van der Waals surface area contributed by atoms with Gasteiger partial charge in [-0.1, -0.05) is 11.6 Å². The smallest absolute Gasteiger partial charge is 0.314 e. The van der Waals surface area contributed by atoms with Gasteiger partial charge < -0.3 is 5.32 Å². The molecule has 0 unspecified atom stereocenters. The zero-order valence-corrected chi connectivity index (χ0v) is 9.34. The SMILES string of the molecule is O=C(Nc1c(F)cc(C(F)(F)F)cc1Cl)C(F)(F)F. The molecule has 0 saturated heterocycles. The van der Waals surface area contributed by atoms with E-state index < -0.39 is 40.4 Å². The molecule has 0 radical (unpaired) electrons. The van der Waals surface area contributed by atoms with Gasteiger partial charge in [-0.25, -0.2) is 4.39 Å². The number of halogens is 8. The van der Waals surface area contributed by atoms with Gasteiger partial charge in [0.2, 0.25) is 0 Å². The van der Waals surface area contributed by atoms with Crippen molar-refractivity contribution >= 4 is 23.2 Å². The average molecular weight is 310 g/mol. The van der Waals surface area contributed by atoms with Crippen LogP contribution in [0.1, 0.15) is 5.56 Å². The van der Waals surface area contributed by atoms with Gasteiger partial charge in [0.25, 0.3) is 0 Å². The molecule has 0 saturated carbocycles. The van der Waals surface area contributed by atoms with E-state index in [2.05, 4.69) is 0 Å². The molecule has 1 amide bonds. The Morgan fingerprint density at radius 2 is 1.63 bits per heavy atom. The van der Waals surface area contributed by atoms with Crippen molar-refractivity contribution in [3.63, 3.8) is 0 Å². The molecule has 0 atom stereocenters. The summed E-state index contributed by atoms with van der Waals surface area (Å²) in [5.41, 5.74) is -2.66. The van der Waals surface area contributed by atoms with Gasteiger partial charge in [-0.2, -0.15) is 26.3 Å². The van der Waals surface area contributed by atoms with Gasteiger partial charge in [0.05, 0.1) is 16.3 Å². The second kappa shape index (κ2) is 4.87. The lowest BCUT2D eigenvalue weighted by molar-refractivity contribution is -0.167. The second-order valence-corrected chi connectivity index (χ2v) is 3.67. The van der Waals surface area contributed by atoms with Gasteiger partial charge in [0.1, 0.15) is 5.82 Å². The fourth-order valence-corrected chi connectivity index (χ4v) is 1.30. The Hall–Kier alpha value is -1.51. The Morgan fingerprint density at radius 3 is 2.00 bits per heavy atom. The van der Waals surface area contributed by atoms with Crippen molar-refractivity contribution in [1.29, 1.82) is 0 Å². The molecular weight excluding hydrogens is 307 g/mol. The van der Waals surface area contributed by atoms with E-state index in [1.165, 1.54) is 0 Å². The number of nitrogens with one attached hydrogen (secondary N) is 1. The lowest BCUT2D eigenvalue weighted by Gasteiger charge is -2.13. The highest BCUT2D eigenvalue weighted by atomic mass is 35.5. The van der Waals surface area contributed by atoms with E-state index in [1.807, 2.05) is 0 Å². The maximum absolute atomic E-state index is 13.2. The first kappa shape index (κ1) is 15.5. The third kappa shape index (κ3) is 3.72. The number of amides is 1. The Labute approximate surface area is 106 Å². The number of hydrogen-bond acceptors (Lipinski definition) is 1. The Bertz CT molecular complexity index is 485. The summed E-state index contributed by atoms with van der Waals surface area (Å²) in [5.74, 6) is -4.27. The van der Waals surface area contributed by atoms with Crippen molar-refractivity contribution in [1.82, 2.24) is 0 Å². The number of rotatable bonds is 1. The first-order valence-corrected chi connectivity index (χ1v) is 4.75. The summed E-state index contributed by atoms with van der Waals surface area (Å²) in [6.45, 7) is 0. The molecule has 1 rings (SSSR count). The summed E-state index contributed by atoms with van der Waals surface area (Å²) in [4.78, 5) is 10.5. The van der Waals surface area contributed by atoms with Crippen LogP contribution in [0.15, 0.2) is 12.1 Å². The zero-order chi connectivity index (χ0) is 15.0. The van der Waals surface area contributed by atoms with Gasteiger partial charge in [-0.3, -0.25) is 4.79 Å². The summed E-state index contributed by atoms with van der Waals surface area (Å²) in [5, 5.41) is 0.0634. The fraction of sp³-hybridized carbons (Fsp3) is 0.222. The van der Waals surface area contributed by atoms with E-state index in [1.54, 1.807) is 0 Å². The monoisotopic (exact) mass is 309 g/mol. The standard InChI is InChI=1S/C9H3ClF7NO/c10-4-1-3(8(12,13)14)2-5(11)6(4)18-7(19)9(15,16)17/h1-2H,(H,18,19). The normalized spacial score (nSPS) is 12.4. The van der Waals surface area contributed by atoms with Gasteiger partial charge in [0.15, 0.2) is 0 Å². The van der Waals surface area contributed by atoms with Crippen molar-refractivity contribution < 1.29 is 35.5 Å². The molecule has 0 bridgehead atoms. The van der Waals surface area contributed by atoms with E-state index >= 15 is 0 Å². The molecule has 10 heteroatoms. The highest BCUT2D eigenvalue weighted by molar-refractivity contribution is 6.33. The van der Waals surface area contributed by atoms with Crippen LogP contribution < -0.4 is 5.32 Å². The third-order valence-electron chi connectivity index (χ3n) is 1.87. The molecule has 19 heavy (non-hydrogen) atoms. The van der Waals surface area contributed by atoms with Crippen LogP contribution in [0.2, 0.25) is 5.02 Å². The molecular formula is C9H3ClF7NO. The van der Waals surface area contributed by atoms with Gasteiger partial charge in [-0.05, 0) is 12.1 Å². The minimum atomic E-state index is -5.32. The van der Waals surface area contributed by atoms with Crippen LogP contribution in [0.4, 0.5) is 36.4 Å². The van der Waals surface area contributed by atoms with Crippen molar-refractivity contribution in [3.8, 4) is 0 Å². The largest absolute Gasteiger partial charge is 0.471 e. The van der Waals surface area contributed by atoms with Crippen molar-refractivity contribution in [2.24, 2.45) is 0 Å². The zero-order valence-electron chi connectivity index (χ0n) is 8.59. The highest BCUT2D eigenvalue weighted by Gasteiger charge is 2.40. The molecule has 106 valence electrons.